The third-order valence-corrected chi connectivity index (χ3v) is 4.88. The third kappa shape index (κ3) is 2.43. The molecule has 4 aromatic rings. The average molecular weight is 377 g/mol. The first kappa shape index (κ1) is 15.9. The Kier molecular flexibility index (Phi) is 3.81. The van der Waals surface area contributed by atoms with Gasteiger partial charge in [-0.05, 0) is 18.4 Å². The van der Waals surface area contributed by atoms with E-state index in [0.29, 0.717) is 44.9 Å². The SMILES string of the molecule is CSc1c(F)c(Cl)c(-c2ccc3nc(NC=O)cn3n2)c2cn[nH]c12. The van der Waals surface area contributed by atoms with Crippen molar-refractivity contribution in [3.63, 3.8) is 0 Å². The van der Waals surface area contributed by atoms with Gasteiger partial charge in [0.2, 0.25) is 6.41 Å². The monoisotopic (exact) mass is 376 g/mol. The van der Waals surface area contributed by atoms with Crippen LogP contribution >= 0.6 is 23.4 Å². The molecule has 126 valence electrons. The molecule has 0 fully saturated rings. The summed E-state index contributed by atoms with van der Waals surface area (Å²) in [5, 5.41) is 14.4. The maximum absolute atomic E-state index is 14.7. The Balaban J connectivity index is 1.98. The first-order chi connectivity index (χ1) is 12.1. The smallest absolute Gasteiger partial charge is 0.212 e. The lowest BCUT2D eigenvalue weighted by atomic mass is 10.1. The second kappa shape index (κ2) is 6.01. The predicted octanol–water partition coefficient (Wildman–Crippen LogP) is 3.36. The van der Waals surface area contributed by atoms with Gasteiger partial charge in [-0.3, -0.25) is 9.89 Å². The molecule has 3 heterocycles. The highest BCUT2D eigenvalue weighted by Crippen LogP contribution is 2.41. The Morgan fingerprint density at radius 1 is 1.44 bits per heavy atom. The minimum Gasteiger partial charge on any atom is -0.312 e. The number of hydrogen-bond acceptors (Lipinski definition) is 5. The summed E-state index contributed by atoms with van der Waals surface area (Å²) in [6.07, 6.45) is 5.45. The molecule has 0 radical (unpaired) electrons. The Morgan fingerprint density at radius 3 is 3.04 bits per heavy atom. The van der Waals surface area contributed by atoms with E-state index in [1.165, 1.54) is 16.3 Å². The summed E-state index contributed by atoms with van der Waals surface area (Å²) in [7, 11) is 0. The van der Waals surface area contributed by atoms with Crippen molar-refractivity contribution in [1.29, 1.82) is 0 Å². The number of nitrogens with one attached hydrogen (secondary N) is 2. The first-order valence-corrected chi connectivity index (χ1v) is 8.69. The van der Waals surface area contributed by atoms with E-state index in [0.717, 1.165) is 0 Å². The number of hydrogen-bond donors (Lipinski definition) is 2. The number of rotatable bonds is 4. The molecule has 0 spiro atoms. The molecule has 3 aromatic heterocycles. The summed E-state index contributed by atoms with van der Waals surface area (Å²) >= 11 is 7.55. The van der Waals surface area contributed by atoms with Gasteiger partial charge in [-0.2, -0.15) is 10.2 Å². The van der Waals surface area contributed by atoms with E-state index in [1.54, 1.807) is 30.8 Å². The van der Waals surface area contributed by atoms with Crippen LogP contribution in [0.25, 0.3) is 27.8 Å². The van der Waals surface area contributed by atoms with Crippen LogP contribution in [-0.2, 0) is 4.79 Å². The number of carbonyl (C=O) groups is 1. The van der Waals surface area contributed by atoms with Crippen molar-refractivity contribution in [2.45, 2.75) is 4.90 Å². The molecule has 1 amide bonds. The van der Waals surface area contributed by atoms with Crippen LogP contribution in [0.5, 0.6) is 0 Å². The molecule has 0 saturated heterocycles. The van der Waals surface area contributed by atoms with Gasteiger partial charge in [0.05, 0.1) is 33.5 Å². The second-order valence-electron chi connectivity index (χ2n) is 5.10. The first-order valence-electron chi connectivity index (χ1n) is 7.09. The largest absolute Gasteiger partial charge is 0.312 e. The van der Waals surface area contributed by atoms with Crippen LogP contribution in [0.2, 0.25) is 5.02 Å². The third-order valence-electron chi connectivity index (χ3n) is 3.73. The lowest BCUT2D eigenvalue weighted by Gasteiger charge is -2.10. The number of carbonyl (C=O) groups excluding carboxylic acids is 1. The van der Waals surface area contributed by atoms with Gasteiger partial charge >= 0.3 is 0 Å². The lowest BCUT2D eigenvalue weighted by Crippen LogP contribution is -1.97. The fourth-order valence-corrected chi connectivity index (χ4v) is 3.66. The molecule has 2 N–H and O–H groups in total. The van der Waals surface area contributed by atoms with Crippen molar-refractivity contribution in [2.24, 2.45) is 0 Å². The molecule has 0 bridgehead atoms. The summed E-state index contributed by atoms with van der Waals surface area (Å²) in [4.78, 5) is 15.1. The Morgan fingerprint density at radius 2 is 2.28 bits per heavy atom. The Labute approximate surface area is 149 Å². The minimum atomic E-state index is -0.517. The van der Waals surface area contributed by atoms with Crippen LogP contribution in [0.4, 0.5) is 10.2 Å². The number of aromatic nitrogens is 5. The predicted molar refractivity (Wildman–Crippen MR) is 94.5 cm³/mol. The van der Waals surface area contributed by atoms with Crippen molar-refractivity contribution in [1.82, 2.24) is 24.8 Å². The Bertz CT molecular complexity index is 1120. The van der Waals surface area contributed by atoms with E-state index >= 15 is 0 Å². The Hall–Kier alpha value is -2.65. The van der Waals surface area contributed by atoms with Gasteiger partial charge in [0.15, 0.2) is 17.3 Å². The number of thioether (sulfide) groups is 1. The topological polar surface area (TPSA) is 88.0 Å². The zero-order valence-corrected chi connectivity index (χ0v) is 14.3. The highest BCUT2D eigenvalue weighted by molar-refractivity contribution is 7.98. The number of fused-ring (bicyclic) bond motifs is 2. The van der Waals surface area contributed by atoms with Crippen LogP contribution in [0.1, 0.15) is 0 Å². The quantitative estimate of drug-likeness (QED) is 0.421. The number of anilines is 1. The van der Waals surface area contributed by atoms with Gasteiger partial charge in [-0.25, -0.2) is 13.9 Å². The number of nitrogens with zero attached hydrogens (tertiary/aromatic N) is 4. The summed E-state index contributed by atoms with van der Waals surface area (Å²) in [6.45, 7) is 0. The van der Waals surface area contributed by atoms with E-state index in [4.69, 9.17) is 11.6 Å². The van der Waals surface area contributed by atoms with Gasteiger partial charge in [0, 0.05) is 10.9 Å². The van der Waals surface area contributed by atoms with Crippen molar-refractivity contribution < 1.29 is 9.18 Å². The van der Waals surface area contributed by atoms with E-state index in [-0.39, 0.29) is 5.02 Å². The maximum atomic E-state index is 14.7. The minimum absolute atomic E-state index is 0.0172. The van der Waals surface area contributed by atoms with E-state index in [2.05, 4.69) is 25.6 Å². The average Bonchev–Trinajstić information content (AvgIpc) is 3.22. The highest BCUT2D eigenvalue weighted by Gasteiger charge is 2.21. The summed E-state index contributed by atoms with van der Waals surface area (Å²) < 4.78 is 16.2. The molecular formula is C15H10ClFN6OS. The molecular weight excluding hydrogens is 367 g/mol. The molecule has 4 rings (SSSR count). The molecule has 0 aliphatic carbocycles. The number of imidazole rings is 1. The maximum Gasteiger partial charge on any atom is 0.212 e. The normalized spacial score (nSPS) is 11.3. The van der Waals surface area contributed by atoms with E-state index in [1.807, 2.05) is 0 Å². The number of benzene rings is 1. The zero-order chi connectivity index (χ0) is 17.6. The number of halogens is 2. The van der Waals surface area contributed by atoms with Crippen molar-refractivity contribution >= 4 is 52.1 Å². The van der Waals surface area contributed by atoms with Crippen LogP contribution in [0, 0.1) is 5.82 Å². The molecule has 25 heavy (non-hydrogen) atoms. The van der Waals surface area contributed by atoms with Gasteiger partial charge in [-0.1, -0.05) is 11.6 Å². The molecule has 0 aliphatic rings. The zero-order valence-electron chi connectivity index (χ0n) is 12.7. The molecule has 1 aromatic carbocycles. The molecule has 0 unspecified atom stereocenters. The van der Waals surface area contributed by atoms with E-state index in [9.17, 15) is 9.18 Å². The van der Waals surface area contributed by atoms with Gasteiger partial charge in [-0.15, -0.1) is 11.8 Å². The van der Waals surface area contributed by atoms with Crippen LogP contribution < -0.4 is 5.32 Å². The fraction of sp³-hybridized carbons (Fsp3) is 0.0667. The van der Waals surface area contributed by atoms with Crippen molar-refractivity contribution in [2.75, 3.05) is 11.6 Å². The standard InChI is InChI=1S/C15H10ClFN6OS/c1-25-15-13(17)12(16)11(7-4-19-21-14(7)15)8-2-3-10-20-9(18-6-24)5-23(10)22-8/h2-6H,1H3,(H,18,24)(H,19,21). The lowest BCUT2D eigenvalue weighted by molar-refractivity contribution is -0.105. The summed E-state index contributed by atoms with van der Waals surface area (Å²) in [5.41, 5.74) is 2.01. The van der Waals surface area contributed by atoms with Crippen molar-refractivity contribution in [3.8, 4) is 11.3 Å². The molecule has 7 nitrogen and oxygen atoms in total. The van der Waals surface area contributed by atoms with Crippen LogP contribution in [-0.4, -0.2) is 37.5 Å². The molecule has 10 heteroatoms. The highest BCUT2D eigenvalue weighted by atomic mass is 35.5. The van der Waals surface area contributed by atoms with Crippen LogP contribution in [0.3, 0.4) is 0 Å². The number of amides is 1. The number of H-pyrrole nitrogens is 1. The van der Waals surface area contributed by atoms with Gasteiger partial charge in [0.25, 0.3) is 0 Å². The number of aromatic amines is 1. The summed E-state index contributed by atoms with van der Waals surface area (Å²) in [5.74, 6) is -0.153. The van der Waals surface area contributed by atoms with Gasteiger partial charge in [0.1, 0.15) is 0 Å². The molecule has 0 saturated carbocycles. The van der Waals surface area contributed by atoms with Crippen molar-refractivity contribution in [3.05, 3.63) is 35.4 Å². The molecule has 0 atom stereocenters. The summed E-state index contributed by atoms with van der Waals surface area (Å²) in [6, 6.07) is 3.40. The van der Waals surface area contributed by atoms with Crippen LogP contribution in [0.15, 0.2) is 29.4 Å². The van der Waals surface area contributed by atoms with Gasteiger partial charge < -0.3 is 5.32 Å². The fourth-order valence-electron chi connectivity index (χ4n) is 2.67. The second-order valence-corrected chi connectivity index (χ2v) is 6.30. The van der Waals surface area contributed by atoms with E-state index < -0.39 is 5.82 Å². The molecule has 0 aliphatic heterocycles.